The van der Waals surface area contributed by atoms with E-state index < -0.39 is 0 Å². The summed E-state index contributed by atoms with van der Waals surface area (Å²) in [7, 11) is 0. The van der Waals surface area contributed by atoms with Crippen molar-refractivity contribution in [2.24, 2.45) is 0 Å². The summed E-state index contributed by atoms with van der Waals surface area (Å²) >= 11 is 1.86. The molecule has 13 heavy (non-hydrogen) atoms. The lowest BCUT2D eigenvalue weighted by atomic mass is 10.1. The molecule has 0 atom stereocenters. The van der Waals surface area contributed by atoms with Gasteiger partial charge in [0, 0.05) is 9.58 Å². The molecule has 1 aromatic carbocycles. The molecule has 0 fully saturated rings. The van der Waals surface area contributed by atoms with E-state index in [1.807, 2.05) is 11.3 Å². The molecule has 0 saturated heterocycles. The third-order valence-corrected chi connectivity index (χ3v) is 3.44. The Balaban J connectivity index is 2.73. The molecule has 0 nitrogen and oxygen atoms in total. The van der Waals surface area contributed by atoms with E-state index in [0.717, 1.165) is 0 Å². The summed E-state index contributed by atoms with van der Waals surface area (Å²) in [4.78, 5) is 1.38. The normalized spacial score (nSPS) is 11.5. The van der Waals surface area contributed by atoms with Gasteiger partial charge in [0.15, 0.2) is 0 Å². The Bertz CT molecular complexity index is 449. The van der Waals surface area contributed by atoms with Gasteiger partial charge < -0.3 is 0 Å². The molecule has 66 valence electrons. The van der Waals surface area contributed by atoms with Crippen LogP contribution in [0.25, 0.3) is 16.2 Å². The Morgan fingerprint density at radius 1 is 1.23 bits per heavy atom. The van der Waals surface area contributed by atoms with E-state index in [2.05, 4.69) is 50.3 Å². The highest BCUT2D eigenvalue weighted by Gasteiger charge is 2.03. The first-order valence-corrected chi connectivity index (χ1v) is 5.25. The first kappa shape index (κ1) is 8.52. The number of hydrogen-bond acceptors (Lipinski definition) is 1. The zero-order valence-electron chi connectivity index (χ0n) is 7.87. The smallest absolute Gasteiger partial charge is 0.0351 e. The number of hydrogen-bond donors (Lipinski definition) is 0. The van der Waals surface area contributed by atoms with Crippen molar-refractivity contribution < 1.29 is 0 Å². The molecule has 1 heterocycles. The van der Waals surface area contributed by atoms with Gasteiger partial charge >= 0.3 is 0 Å². The average molecular weight is 188 g/mol. The van der Waals surface area contributed by atoms with Gasteiger partial charge in [0.2, 0.25) is 0 Å². The molecule has 1 heteroatoms. The Labute approximate surface area is 82.5 Å². The molecule has 1 aromatic heterocycles. The van der Waals surface area contributed by atoms with Crippen LogP contribution in [-0.4, -0.2) is 0 Å². The summed E-state index contributed by atoms with van der Waals surface area (Å²) in [5.74, 6) is 0. The van der Waals surface area contributed by atoms with Crippen molar-refractivity contribution in [2.75, 3.05) is 0 Å². The highest BCUT2D eigenvalue weighted by atomic mass is 32.1. The van der Waals surface area contributed by atoms with E-state index in [-0.39, 0.29) is 0 Å². The van der Waals surface area contributed by atoms with Crippen LogP contribution in [0.4, 0.5) is 0 Å². The second-order valence-electron chi connectivity index (χ2n) is 3.09. The maximum atomic E-state index is 2.19. The van der Waals surface area contributed by atoms with Gasteiger partial charge in [-0.2, -0.15) is 0 Å². The predicted octanol–water partition coefficient (Wildman–Crippen LogP) is 4.24. The van der Waals surface area contributed by atoms with Gasteiger partial charge in [-0.05, 0) is 36.9 Å². The highest BCUT2D eigenvalue weighted by Crippen LogP contribution is 2.31. The fraction of sp³-hybridized carbons (Fsp3) is 0.167. The summed E-state index contributed by atoms with van der Waals surface area (Å²) in [6, 6.07) is 8.56. The van der Waals surface area contributed by atoms with Crippen molar-refractivity contribution in [3.05, 3.63) is 40.8 Å². The maximum absolute atomic E-state index is 2.19. The second kappa shape index (κ2) is 3.35. The van der Waals surface area contributed by atoms with Crippen molar-refractivity contribution in [1.29, 1.82) is 0 Å². The first-order chi connectivity index (χ1) is 6.33. The number of rotatable bonds is 1. The summed E-state index contributed by atoms with van der Waals surface area (Å²) < 4.78 is 1.38. The molecule has 0 bridgehead atoms. The number of benzene rings is 1. The van der Waals surface area contributed by atoms with E-state index in [9.17, 15) is 0 Å². The van der Waals surface area contributed by atoms with Crippen LogP contribution in [0.2, 0.25) is 0 Å². The molecule has 0 aliphatic carbocycles. The van der Waals surface area contributed by atoms with Crippen molar-refractivity contribution in [3.8, 4) is 0 Å². The summed E-state index contributed by atoms with van der Waals surface area (Å²) in [6.07, 6.45) is 4.28. The molecule has 0 aliphatic rings. The minimum Gasteiger partial charge on any atom is -0.136 e. The Hall–Kier alpha value is -1.08. The molecular formula is C12H12S. The van der Waals surface area contributed by atoms with Gasteiger partial charge in [-0.15, -0.1) is 11.3 Å². The Morgan fingerprint density at radius 3 is 2.69 bits per heavy atom. The SMILES string of the molecule is CC=Cc1sc2ccccc2c1C. The van der Waals surface area contributed by atoms with Crippen LogP contribution in [-0.2, 0) is 0 Å². The van der Waals surface area contributed by atoms with Crippen LogP contribution in [0, 0.1) is 6.92 Å². The highest BCUT2D eigenvalue weighted by molar-refractivity contribution is 7.20. The summed E-state index contributed by atoms with van der Waals surface area (Å²) in [5, 5.41) is 1.39. The lowest BCUT2D eigenvalue weighted by Gasteiger charge is -1.89. The van der Waals surface area contributed by atoms with Crippen molar-refractivity contribution in [2.45, 2.75) is 13.8 Å². The molecular weight excluding hydrogens is 176 g/mol. The number of fused-ring (bicyclic) bond motifs is 1. The lowest BCUT2D eigenvalue weighted by Crippen LogP contribution is -1.69. The maximum Gasteiger partial charge on any atom is 0.0351 e. The number of allylic oxidation sites excluding steroid dienone is 1. The zero-order chi connectivity index (χ0) is 9.26. The molecule has 0 amide bonds. The van der Waals surface area contributed by atoms with E-state index in [4.69, 9.17) is 0 Å². The summed E-state index contributed by atoms with van der Waals surface area (Å²) in [6.45, 7) is 4.25. The molecule has 0 aliphatic heterocycles. The van der Waals surface area contributed by atoms with Crippen LogP contribution >= 0.6 is 11.3 Å². The standard InChI is InChI=1S/C12H12S/c1-3-6-11-9(2)10-7-4-5-8-12(10)13-11/h3-8H,1-2H3. The van der Waals surface area contributed by atoms with E-state index >= 15 is 0 Å². The topological polar surface area (TPSA) is 0 Å². The molecule has 2 rings (SSSR count). The monoisotopic (exact) mass is 188 g/mol. The van der Waals surface area contributed by atoms with Crippen LogP contribution in [0.15, 0.2) is 30.3 Å². The number of thiophene rings is 1. The zero-order valence-corrected chi connectivity index (χ0v) is 8.69. The van der Waals surface area contributed by atoms with Gasteiger partial charge in [0.25, 0.3) is 0 Å². The van der Waals surface area contributed by atoms with Crippen LogP contribution < -0.4 is 0 Å². The minimum absolute atomic E-state index is 1.38. The van der Waals surface area contributed by atoms with Gasteiger partial charge in [-0.3, -0.25) is 0 Å². The van der Waals surface area contributed by atoms with E-state index in [1.54, 1.807) is 0 Å². The molecule has 0 radical (unpaired) electrons. The van der Waals surface area contributed by atoms with E-state index in [1.165, 1.54) is 20.5 Å². The van der Waals surface area contributed by atoms with Crippen molar-refractivity contribution in [3.63, 3.8) is 0 Å². The first-order valence-electron chi connectivity index (χ1n) is 4.43. The summed E-state index contributed by atoms with van der Waals surface area (Å²) in [5.41, 5.74) is 1.40. The predicted molar refractivity (Wildman–Crippen MR) is 61.3 cm³/mol. The third-order valence-electron chi connectivity index (χ3n) is 2.20. The largest absolute Gasteiger partial charge is 0.136 e. The van der Waals surface area contributed by atoms with Gasteiger partial charge in [-0.1, -0.05) is 24.3 Å². The minimum atomic E-state index is 1.38. The lowest BCUT2D eigenvalue weighted by molar-refractivity contribution is 1.57. The quantitative estimate of drug-likeness (QED) is 0.628. The van der Waals surface area contributed by atoms with Crippen LogP contribution in [0.3, 0.4) is 0 Å². The van der Waals surface area contributed by atoms with E-state index in [0.29, 0.717) is 0 Å². The van der Waals surface area contributed by atoms with Crippen molar-refractivity contribution >= 4 is 27.5 Å². The van der Waals surface area contributed by atoms with Gasteiger partial charge in [0.05, 0.1) is 0 Å². The molecule has 2 aromatic rings. The third kappa shape index (κ3) is 1.40. The molecule has 0 saturated carbocycles. The molecule has 0 N–H and O–H groups in total. The Kier molecular flexibility index (Phi) is 2.19. The average Bonchev–Trinajstić information content (AvgIpc) is 2.46. The van der Waals surface area contributed by atoms with Crippen molar-refractivity contribution in [1.82, 2.24) is 0 Å². The Morgan fingerprint density at radius 2 is 2.00 bits per heavy atom. The molecule has 0 unspecified atom stereocenters. The van der Waals surface area contributed by atoms with Crippen LogP contribution in [0.5, 0.6) is 0 Å². The van der Waals surface area contributed by atoms with Gasteiger partial charge in [-0.25, -0.2) is 0 Å². The fourth-order valence-electron chi connectivity index (χ4n) is 1.50. The van der Waals surface area contributed by atoms with Gasteiger partial charge in [0.1, 0.15) is 0 Å². The number of aryl methyl sites for hydroxylation is 1. The fourth-order valence-corrected chi connectivity index (χ4v) is 2.69. The second-order valence-corrected chi connectivity index (χ2v) is 4.17. The van der Waals surface area contributed by atoms with Crippen LogP contribution in [0.1, 0.15) is 17.4 Å². The molecule has 0 spiro atoms.